The molecule has 0 atom stereocenters. The lowest BCUT2D eigenvalue weighted by Gasteiger charge is -2.31. The molecule has 0 radical (unpaired) electrons. The van der Waals surface area contributed by atoms with Crippen molar-refractivity contribution in [2.45, 2.75) is 20.0 Å². The van der Waals surface area contributed by atoms with Crippen molar-refractivity contribution < 1.29 is 23.4 Å². The maximum absolute atomic E-state index is 13.8. The molecular formula is C27H31N5O5. The number of amides is 1. The third kappa shape index (κ3) is 4.97. The lowest BCUT2D eigenvalue weighted by molar-refractivity contribution is 0.0706. The van der Waals surface area contributed by atoms with Gasteiger partial charge in [-0.3, -0.25) is 9.48 Å². The zero-order chi connectivity index (χ0) is 25.9. The van der Waals surface area contributed by atoms with Crippen molar-refractivity contribution in [3.63, 3.8) is 0 Å². The number of carbonyl (C=O) groups excluding carboxylic acids is 1. The third-order valence-corrected chi connectivity index (χ3v) is 6.51. The van der Waals surface area contributed by atoms with E-state index in [4.69, 9.17) is 23.6 Å². The molecule has 4 heterocycles. The Bertz CT molecular complexity index is 1390. The van der Waals surface area contributed by atoms with Crippen LogP contribution in [0.1, 0.15) is 27.5 Å². The van der Waals surface area contributed by atoms with Crippen molar-refractivity contribution in [3.05, 3.63) is 65.4 Å². The standard InChI is InChI=1S/C27H31N5O5/c1-18-14-22(30(2)29-18)27(33)32(17-20-6-5-11-37-20)16-19-15-21-23(34-3)7-8-24(35-4)25(21)28-26(19)31-9-12-36-13-10-31/h5-8,11,14-15H,9-10,12-13,16-17H2,1-4H3. The fourth-order valence-electron chi connectivity index (χ4n) is 4.72. The van der Waals surface area contributed by atoms with E-state index < -0.39 is 0 Å². The number of hydrogen-bond acceptors (Lipinski definition) is 8. The minimum absolute atomic E-state index is 0.148. The van der Waals surface area contributed by atoms with Crippen LogP contribution in [0.25, 0.3) is 10.9 Å². The molecule has 5 rings (SSSR count). The molecule has 1 saturated heterocycles. The number of anilines is 1. The summed E-state index contributed by atoms with van der Waals surface area (Å²) in [6, 6.07) is 11.3. The summed E-state index contributed by atoms with van der Waals surface area (Å²) in [5.41, 5.74) is 2.88. The second-order valence-corrected chi connectivity index (χ2v) is 8.97. The normalized spacial score (nSPS) is 13.7. The number of benzene rings is 1. The Morgan fingerprint density at radius 3 is 2.49 bits per heavy atom. The van der Waals surface area contributed by atoms with E-state index in [1.807, 2.05) is 37.3 Å². The van der Waals surface area contributed by atoms with Gasteiger partial charge in [0.15, 0.2) is 0 Å². The fourth-order valence-corrected chi connectivity index (χ4v) is 4.72. The van der Waals surface area contributed by atoms with Crippen LogP contribution in [0.15, 0.2) is 47.1 Å². The Morgan fingerprint density at radius 2 is 1.84 bits per heavy atom. The van der Waals surface area contributed by atoms with Crippen molar-refractivity contribution in [2.24, 2.45) is 7.05 Å². The summed E-state index contributed by atoms with van der Waals surface area (Å²) in [4.78, 5) is 22.8. The molecule has 4 aromatic rings. The number of nitrogens with zero attached hydrogens (tertiary/aromatic N) is 5. The zero-order valence-electron chi connectivity index (χ0n) is 21.6. The average molecular weight is 506 g/mol. The Balaban J connectivity index is 1.63. The number of aryl methyl sites for hydroxylation is 2. The Kier molecular flexibility index (Phi) is 7.00. The average Bonchev–Trinajstić information content (AvgIpc) is 3.55. The maximum atomic E-state index is 13.8. The van der Waals surface area contributed by atoms with Crippen molar-refractivity contribution in [1.82, 2.24) is 19.7 Å². The number of carbonyl (C=O) groups is 1. The summed E-state index contributed by atoms with van der Waals surface area (Å²) in [7, 11) is 5.04. The van der Waals surface area contributed by atoms with Gasteiger partial charge in [0.2, 0.25) is 0 Å². The predicted molar refractivity (Wildman–Crippen MR) is 138 cm³/mol. The van der Waals surface area contributed by atoms with Gasteiger partial charge in [-0.15, -0.1) is 0 Å². The van der Waals surface area contributed by atoms with E-state index in [-0.39, 0.29) is 5.91 Å². The fraction of sp³-hybridized carbons (Fsp3) is 0.370. The first-order valence-corrected chi connectivity index (χ1v) is 12.2. The zero-order valence-corrected chi connectivity index (χ0v) is 21.6. The molecule has 0 aliphatic carbocycles. The van der Waals surface area contributed by atoms with Crippen LogP contribution in [0, 0.1) is 6.92 Å². The summed E-state index contributed by atoms with van der Waals surface area (Å²) in [6.07, 6.45) is 1.61. The number of aromatic nitrogens is 3. The number of furan rings is 1. The monoisotopic (exact) mass is 505 g/mol. The minimum atomic E-state index is -0.148. The second kappa shape index (κ2) is 10.5. The highest BCUT2D eigenvalue weighted by Crippen LogP contribution is 2.36. The van der Waals surface area contributed by atoms with Crippen molar-refractivity contribution in [2.75, 3.05) is 45.4 Å². The molecule has 0 spiro atoms. The van der Waals surface area contributed by atoms with Gasteiger partial charge in [0.05, 0.1) is 52.5 Å². The molecule has 1 aliphatic rings. The molecular weight excluding hydrogens is 474 g/mol. The first-order valence-electron chi connectivity index (χ1n) is 12.2. The van der Waals surface area contributed by atoms with E-state index in [0.29, 0.717) is 67.9 Å². The second-order valence-electron chi connectivity index (χ2n) is 8.97. The lowest BCUT2D eigenvalue weighted by atomic mass is 10.1. The van der Waals surface area contributed by atoms with Crippen LogP contribution in [-0.4, -0.2) is 66.1 Å². The third-order valence-electron chi connectivity index (χ3n) is 6.51. The number of rotatable bonds is 8. The molecule has 10 nitrogen and oxygen atoms in total. The van der Waals surface area contributed by atoms with E-state index in [2.05, 4.69) is 10.00 Å². The number of methoxy groups -OCH3 is 2. The summed E-state index contributed by atoms with van der Waals surface area (Å²) in [5.74, 6) is 2.68. The summed E-state index contributed by atoms with van der Waals surface area (Å²) < 4.78 is 24.1. The van der Waals surface area contributed by atoms with Crippen LogP contribution in [0.3, 0.4) is 0 Å². The number of ether oxygens (including phenoxy) is 3. The summed E-state index contributed by atoms with van der Waals surface area (Å²) in [5, 5.41) is 5.19. The molecule has 1 fully saturated rings. The topological polar surface area (TPSA) is 95.1 Å². The van der Waals surface area contributed by atoms with Crippen molar-refractivity contribution in [1.29, 1.82) is 0 Å². The van der Waals surface area contributed by atoms with Crippen molar-refractivity contribution >= 4 is 22.6 Å². The van der Waals surface area contributed by atoms with Crippen LogP contribution in [-0.2, 0) is 24.9 Å². The van der Waals surface area contributed by atoms with E-state index >= 15 is 0 Å². The van der Waals surface area contributed by atoms with Crippen molar-refractivity contribution in [3.8, 4) is 11.5 Å². The molecule has 0 saturated carbocycles. The minimum Gasteiger partial charge on any atom is -0.496 e. The van der Waals surface area contributed by atoms with Crippen LogP contribution in [0.2, 0.25) is 0 Å². The van der Waals surface area contributed by atoms with E-state index in [1.54, 1.807) is 43.2 Å². The van der Waals surface area contributed by atoms with E-state index in [0.717, 1.165) is 22.5 Å². The van der Waals surface area contributed by atoms with Gasteiger partial charge in [0.25, 0.3) is 5.91 Å². The molecule has 1 aliphatic heterocycles. The number of hydrogen-bond donors (Lipinski definition) is 0. The first kappa shape index (κ1) is 24.6. The Labute approximate surface area is 215 Å². The van der Waals surface area contributed by atoms with Crippen LogP contribution >= 0.6 is 0 Å². The van der Waals surface area contributed by atoms with Crippen LogP contribution < -0.4 is 14.4 Å². The Morgan fingerprint density at radius 1 is 1.08 bits per heavy atom. The highest BCUT2D eigenvalue weighted by molar-refractivity contribution is 5.94. The van der Waals surface area contributed by atoms with Gasteiger partial charge >= 0.3 is 0 Å². The molecule has 0 N–H and O–H groups in total. The highest BCUT2D eigenvalue weighted by atomic mass is 16.5. The van der Waals surface area contributed by atoms with Gasteiger partial charge in [0, 0.05) is 31.1 Å². The van der Waals surface area contributed by atoms with Gasteiger partial charge in [-0.25, -0.2) is 4.98 Å². The maximum Gasteiger partial charge on any atom is 0.272 e. The number of fused-ring (bicyclic) bond motifs is 1. The Hall–Kier alpha value is -4.05. The number of morpholine rings is 1. The van der Waals surface area contributed by atoms with E-state index in [1.165, 1.54) is 0 Å². The molecule has 194 valence electrons. The summed E-state index contributed by atoms with van der Waals surface area (Å²) >= 11 is 0. The molecule has 3 aromatic heterocycles. The quantitative estimate of drug-likeness (QED) is 0.359. The van der Waals surface area contributed by atoms with Gasteiger partial charge in [-0.1, -0.05) is 0 Å². The lowest BCUT2D eigenvalue weighted by Crippen LogP contribution is -2.38. The highest BCUT2D eigenvalue weighted by Gasteiger charge is 2.26. The molecule has 10 heteroatoms. The van der Waals surface area contributed by atoms with Crippen LogP contribution in [0.5, 0.6) is 11.5 Å². The van der Waals surface area contributed by atoms with E-state index in [9.17, 15) is 4.79 Å². The number of pyridine rings is 1. The largest absolute Gasteiger partial charge is 0.496 e. The molecule has 37 heavy (non-hydrogen) atoms. The smallest absolute Gasteiger partial charge is 0.272 e. The molecule has 1 aromatic carbocycles. The predicted octanol–water partition coefficient (Wildman–Crippen LogP) is 3.57. The summed E-state index contributed by atoms with van der Waals surface area (Å²) in [6.45, 7) is 5.09. The van der Waals surface area contributed by atoms with Gasteiger partial charge < -0.3 is 28.4 Å². The molecule has 0 unspecified atom stereocenters. The van der Waals surface area contributed by atoms with Gasteiger partial charge in [-0.2, -0.15) is 5.10 Å². The first-order chi connectivity index (χ1) is 18.0. The van der Waals surface area contributed by atoms with Gasteiger partial charge in [-0.05, 0) is 43.3 Å². The SMILES string of the molecule is COc1ccc(OC)c2nc(N3CCOCC3)c(CN(Cc3ccco3)C(=O)c3cc(C)nn3C)cc12. The molecule has 0 bridgehead atoms. The van der Waals surface area contributed by atoms with Gasteiger partial charge in [0.1, 0.15) is 34.3 Å². The van der Waals surface area contributed by atoms with Crippen LogP contribution in [0.4, 0.5) is 5.82 Å². The molecule has 1 amide bonds.